The van der Waals surface area contributed by atoms with Crippen molar-refractivity contribution in [2.75, 3.05) is 6.26 Å². The normalized spacial score (nSPS) is 18.7. The van der Waals surface area contributed by atoms with E-state index in [2.05, 4.69) is 15.9 Å². The van der Waals surface area contributed by atoms with Crippen LogP contribution in [0.1, 0.15) is 37.7 Å². The molecule has 1 aliphatic carbocycles. The molecule has 0 amide bonds. The van der Waals surface area contributed by atoms with Gasteiger partial charge in [-0.05, 0) is 36.6 Å². The van der Waals surface area contributed by atoms with Gasteiger partial charge in [0.1, 0.15) is 0 Å². The zero-order valence-electron chi connectivity index (χ0n) is 11.2. The Morgan fingerprint density at radius 3 is 2.30 bits per heavy atom. The molecule has 0 atom stereocenters. The third-order valence-electron chi connectivity index (χ3n) is 3.97. The number of benzene rings is 1. The van der Waals surface area contributed by atoms with Crippen LogP contribution in [-0.2, 0) is 20.0 Å². The smallest absolute Gasteiger partial charge is 0.314 e. The summed E-state index contributed by atoms with van der Waals surface area (Å²) in [6.45, 7) is 0. The minimum absolute atomic E-state index is 0.160. The number of carboxylic acids is 1. The highest BCUT2D eigenvalue weighted by Gasteiger charge is 2.41. The SMILES string of the molecule is CS(=O)(=O)c1cc(Br)cc(C2(C(=O)O)CCCCC2)c1. The molecular formula is C14H17BrO4S. The van der Waals surface area contributed by atoms with Crippen LogP contribution in [0.3, 0.4) is 0 Å². The van der Waals surface area contributed by atoms with Crippen LogP contribution in [0.5, 0.6) is 0 Å². The number of hydrogen-bond acceptors (Lipinski definition) is 3. The van der Waals surface area contributed by atoms with Crippen LogP contribution in [0.4, 0.5) is 0 Å². The molecule has 1 fully saturated rings. The predicted octanol–water partition coefficient (Wildman–Crippen LogP) is 3.14. The lowest BCUT2D eigenvalue weighted by molar-refractivity contribution is -0.145. The summed E-state index contributed by atoms with van der Waals surface area (Å²) in [5, 5.41) is 9.66. The van der Waals surface area contributed by atoms with Gasteiger partial charge in [0.25, 0.3) is 0 Å². The van der Waals surface area contributed by atoms with Crippen LogP contribution in [0.25, 0.3) is 0 Å². The first kappa shape index (κ1) is 15.5. The summed E-state index contributed by atoms with van der Waals surface area (Å²) in [4.78, 5) is 11.9. The predicted molar refractivity (Wildman–Crippen MR) is 79.7 cm³/mol. The van der Waals surface area contributed by atoms with Gasteiger partial charge in [0.05, 0.1) is 10.3 Å². The van der Waals surface area contributed by atoms with E-state index in [1.165, 1.54) is 12.1 Å². The summed E-state index contributed by atoms with van der Waals surface area (Å²) >= 11 is 3.29. The van der Waals surface area contributed by atoms with Crippen molar-refractivity contribution in [3.05, 3.63) is 28.2 Å². The Morgan fingerprint density at radius 1 is 1.20 bits per heavy atom. The summed E-state index contributed by atoms with van der Waals surface area (Å²) in [6.07, 6.45) is 4.98. The number of aliphatic carboxylic acids is 1. The molecule has 1 aromatic rings. The standard InChI is InChI=1S/C14H17BrO4S/c1-20(18,19)12-8-10(7-11(15)9-12)14(13(16)17)5-3-2-4-6-14/h7-9H,2-6H2,1H3,(H,16,17). The van der Waals surface area contributed by atoms with Crippen LogP contribution < -0.4 is 0 Å². The van der Waals surface area contributed by atoms with Crippen molar-refractivity contribution < 1.29 is 18.3 Å². The lowest BCUT2D eigenvalue weighted by Gasteiger charge is -2.34. The monoisotopic (exact) mass is 360 g/mol. The molecule has 0 aromatic heterocycles. The van der Waals surface area contributed by atoms with Gasteiger partial charge in [-0.3, -0.25) is 4.79 Å². The van der Waals surface area contributed by atoms with Crippen molar-refractivity contribution in [3.8, 4) is 0 Å². The Hall–Kier alpha value is -0.880. The molecule has 4 nitrogen and oxygen atoms in total. The average molecular weight is 361 g/mol. The van der Waals surface area contributed by atoms with Crippen molar-refractivity contribution in [1.82, 2.24) is 0 Å². The van der Waals surface area contributed by atoms with Crippen LogP contribution >= 0.6 is 15.9 Å². The Labute approximate surface area is 127 Å². The summed E-state index contributed by atoms with van der Waals surface area (Å²) < 4.78 is 24.1. The van der Waals surface area contributed by atoms with Gasteiger partial charge in [-0.15, -0.1) is 0 Å². The Bertz CT molecular complexity index is 631. The van der Waals surface area contributed by atoms with E-state index in [9.17, 15) is 18.3 Å². The number of hydrogen-bond donors (Lipinski definition) is 1. The number of rotatable bonds is 3. The molecule has 0 unspecified atom stereocenters. The van der Waals surface area contributed by atoms with Crippen molar-refractivity contribution in [2.24, 2.45) is 0 Å². The lowest BCUT2D eigenvalue weighted by Crippen LogP contribution is -2.38. The summed E-state index contributed by atoms with van der Waals surface area (Å²) in [5.41, 5.74) is -0.374. The van der Waals surface area contributed by atoms with Gasteiger partial charge in [-0.1, -0.05) is 35.2 Å². The van der Waals surface area contributed by atoms with Gasteiger partial charge in [0, 0.05) is 10.7 Å². The molecule has 0 spiro atoms. The molecule has 0 heterocycles. The molecule has 20 heavy (non-hydrogen) atoms. The van der Waals surface area contributed by atoms with Crippen molar-refractivity contribution >= 4 is 31.7 Å². The molecule has 0 bridgehead atoms. The van der Waals surface area contributed by atoms with E-state index in [-0.39, 0.29) is 4.90 Å². The highest BCUT2D eigenvalue weighted by molar-refractivity contribution is 9.10. The van der Waals surface area contributed by atoms with Gasteiger partial charge < -0.3 is 5.11 Å². The van der Waals surface area contributed by atoms with Crippen LogP contribution in [0.15, 0.2) is 27.6 Å². The zero-order valence-corrected chi connectivity index (χ0v) is 13.6. The van der Waals surface area contributed by atoms with Crippen molar-refractivity contribution in [1.29, 1.82) is 0 Å². The van der Waals surface area contributed by atoms with Gasteiger partial charge in [0.2, 0.25) is 0 Å². The van der Waals surface area contributed by atoms with Crippen molar-refractivity contribution in [3.63, 3.8) is 0 Å². The van der Waals surface area contributed by atoms with Gasteiger partial charge in [-0.2, -0.15) is 0 Å². The molecule has 0 aliphatic heterocycles. The molecule has 1 aromatic carbocycles. The lowest BCUT2D eigenvalue weighted by atomic mass is 9.69. The van der Waals surface area contributed by atoms with Gasteiger partial charge >= 0.3 is 5.97 Å². The summed E-state index contributed by atoms with van der Waals surface area (Å²) in [6, 6.07) is 4.75. The Kier molecular flexibility index (Phi) is 4.25. The summed E-state index contributed by atoms with van der Waals surface area (Å²) in [5.74, 6) is -0.866. The van der Waals surface area contributed by atoms with E-state index < -0.39 is 21.2 Å². The fraction of sp³-hybridized carbons (Fsp3) is 0.500. The average Bonchev–Trinajstić information content (AvgIpc) is 2.37. The first-order valence-electron chi connectivity index (χ1n) is 6.50. The molecule has 1 N–H and O–H groups in total. The fourth-order valence-electron chi connectivity index (χ4n) is 2.83. The first-order chi connectivity index (χ1) is 9.25. The topological polar surface area (TPSA) is 71.4 Å². The quantitative estimate of drug-likeness (QED) is 0.898. The molecule has 2 rings (SSSR count). The summed E-state index contributed by atoms with van der Waals surface area (Å²) in [7, 11) is -3.36. The maximum absolute atomic E-state index is 11.8. The molecule has 1 aliphatic rings. The van der Waals surface area contributed by atoms with Crippen LogP contribution in [0.2, 0.25) is 0 Å². The maximum Gasteiger partial charge on any atom is 0.314 e. The third-order valence-corrected chi connectivity index (χ3v) is 5.52. The second-order valence-corrected chi connectivity index (χ2v) is 8.33. The highest BCUT2D eigenvalue weighted by Crippen LogP contribution is 2.41. The minimum atomic E-state index is -3.36. The maximum atomic E-state index is 11.8. The number of carbonyl (C=O) groups is 1. The molecule has 6 heteroatoms. The van der Waals surface area contributed by atoms with E-state index in [0.717, 1.165) is 25.5 Å². The second kappa shape index (κ2) is 5.48. The van der Waals surface area contributed by atoms with Gasteiger partial charge in [-0.25, -0.2) is 8.42 Å². The molecular weight excluding hydrogens is 344 g/mol. The number of sulfone groups is 1. The molecule has 0 radical (unpaired) electrons. The highest BCUT2D eigenvalue weighted by atomic mass is 79.9. The van der Waals surface area contributed by atoms with E-state index >= 15 is 0 Å². The second-order valence-electron chi connectivity index (χ2n) is 5.40. The van der Waals surface area contributed by atoms with E-state index in [1.54, 1.807) is 6.07 Å². The molecule has 110 valence electrons. The Morgan fingerprint density at radius 2 is 1.80 bits per heavy atom. The largest absolute Gasteiger partial charge is 0.481 e. The first-order valence-corrected chi connectivity index (χ1v) is 9.19. The third kappa shape index (κ3) is 2.91. The van der Waals surface area contributed by atoms with E-state index in [1.807, 2.05) is 0 Å². The van der Waals surface area contributed by atoms with Crippen LogP contribution in [0, 0.1) is 0 Å². The van der Waals surface area contributed by atoms with Crippen molar-refractivity contribution in [2.45, 2.75) is 42.4 Å². The zero-order chi connectivity index (χ0) is 15.0. The molecule has 0 saturated heterocycles. The molecule has 1 saturated carbocycles. The fourth-order valence-corrected chi connectivity index (χ4v) is 4.16. The number of carboxylic acid groups (broad SMARTS) is 1. The van der Waals surface area contributed by atoms with Crippen LogP contribution in [-0.4, -0.2) is 25.7 Å². The Balaban J connectivity index is 2.60. The number of halogens is 1. The van der Waals surface area contributed by atoms with E-state index in [0.29, 0.717) is 22.9 Å². The minimum Gasteiger partial charge on any atom is -0.481 e. The van der Waals surface area contributed by atoms with Gasteiger partial charge in [0.15, 0.2) is 9.84 Å². The van der Waals surface area contributed by atoms with E-state index in [4.69, 9.17) is 0 Å².